The minimum Gasteiger partial charge on any atom is -0.456 e. The number of esters is 1. The van der Waals surface area contributed by atoms with E-state index in [0.29, 0.717) is 12.7 Å². The van der Waals surface area contributed by atoms with Gasteiger partial charge in [-0.25, -0.2) is 4.79 Å². The summed E-state index contributed by atoms with van der Waals surface area (Å²) >= 11 is 0. The van der Waals surface area contributed by atoms with Crippen molar-refractivity contribution in [2.75, 3.05) is 13.7 Å². The molecule has 1 atom stereocenters. The molecule has 0 N–H and O–H groups in total. The van der Waals surface area contributed by atoms with Gasteiger partial charge in [-0.05, 0) is 6.42 Å². The van der Waals surface area contributed by atoms with Crippen LogP contribution in [0.2, 0.25) is 0 Å². The molecule has 0 radical (unpaired) electrons. The van der Waals surface area contributed by atoms with Crippen LogP contribution in [-0.4, -0.2) is 32.1 Å². The summed E-state index contributed by atoms with van der Waals surface area (Å²) in [5, 5.41) is 0. The van der Waals surface area contributed by atoms with Crippen molar-refractivity contribution in [3.8, 4) is 0 Å². The first kappa shape index (κ1) is 13.1. The Morgan fingerprint density at radius 2 is 2.14 bits per heavy atom. The smallest absolute Gasteiger partial charge is 0.335 e. The van der Waals surface area contributed by atoms with E-state index >= 15 is 0 Å². The van der Waals surface area contributed by atoms with Gasteiger partial charge in [0.05, 0.1) is 0 Å². The number of ether oxygens (including phenoxy) is 2. The minimum absolute atomic E-state index is 0.188. The van der Waals surface area contributed by atoms with E-state index in [-0.39, 0.29) is 6.61 Å². The van der Waals surface area contributed by atoms with Crippen molar-refractivity contribution in [1.82, 2.24) is 0 Å². The second-order valence-electron chi connectivity index (χ2n) is 3.02. The zero-order valence-corrected chi connectivity index (χ0v) is 8.82. The van der Waals surface area contributed by atoms with E-state index < -0.39 is 12.1 Å². The number of hydrogen-bond donors (Lipinski definition) is 0. The normalized spacial score (nSPS) is 12.1. The van der Waals surface area contributed by atoms with E-state index in [0.717, 1.165) is 19.3 Å². The Bertz CT molecular complexity index is 168. The first-order valence-electron chi connectivity index (χ1n) is 4.89. The summed E-state index contributed by atoms with van der Waals surface area (Å²) in [7, 11) is 1.47. The van der Waals surface area contributed by atoms with Crippen molar-refractivity contribution < 1.29 is 19.1 Å². The van der Waals surface area contributed by atoms with Crippen LogP contribution in [0.4, 0.5) is 0 Å². The number of methoxy groups -OCH3 is 1. The lowest BCUT2D eigenvalue weighted by Crippen LogP contribution is -2.26. The fourth-order valence-electron chi connectivity index (χ4n) is 1.12. The fraction of sp³-hybridized carbons (Fsp3) is 0.800. The van der Waals surface area contributed by atoms with Crippen LogP contribution in [0, 0.1) is 0 Å². The Kier molecular flexibility index (Phi) is 8.13. The van der Waals surface area contributed by atoms with Gasteiger partial charge in [-0.1, -0.05) is 26.2 Å². The molecule has 0 aliphatic rings. The van der Waals surface area contributed by atoms with Crippen LogP contribution >= 0.6 is 0 Å². The highest BCUT2D eigenvalue weighted by molar-refractivity contribution is 5.76. The van der Waals surface area contributed by atoms with E-state index in [4.69, 9.17) is 4.74 Å². The topological polar surface area (TPSA) is 52.6 Å². The van der Waals surface area contributed by atoms with Gasteiger partial charge >= 0.3 is 5.97 Å². The molecule has 0 heterocycles. The van der Waals surface area contributed by atoms with Crippen LogP contribution in [-0.2, 0) is 19.1 Å². The fourth-order valence-corrected chi connectivity index (χ4v) is 1.12. The Labute approximate surface area is 84.6 Å². The second kappa shape index (κ2) is 8.69. The Morgan fingerprint density at radius 3 is 2.64 bits per heavy atom. The highest BCUT2D eigenvalue weighted by Crippen LogP contribution is 2.07. The quantitative estimate of drug-likeness (QED) is 0.338. The van der Waals surface area contributed by atoms with Crippen LogP contribution in [0.3, 0.4) is 0 Å². The Hall–Kier alpha value is -0.900. The number of aldehydes is 1. The first-order valence-corrected chi connectivity index (χ1v) is 4.89. The predicted molar refractivity (Wildman–Crippen MR) is 52.0 cm³/mol. The number of hydrogen-bond acceptors (Lipinski definition) is 4. The molecule has 4 heteroatoms. The lowest BCUT2D eigenvalue weighted by atomic mass is 10.1. The molecule has 0 aromatic rings. The molecule has 0 amide bonds. The lowest BCUT2D eigenvalue weighted by molar-refractivity contribution is -0.156. The summed E-state index contributed by atoms with van der Waals surface area (Å²) in [5.74, 6) is -0.448. The van der Waals surface area contributed by atoms with Crippen LogP contribution in [0.5, 0.6) is 0 Å². The van der Waals surface area contributed by atoms with Gasteiger partial charge in [0.25, 0.3) is 0 Å². The van der Waals surface area contributed by atoms with Gasteiger partial charge in [0.1, 0.15) is 6.61 Å². The van der Waals surface area contributed by atoms with Crippen LogP contribution in [0.1, 0.15) is 32.6 Å². The number of carbonyl (C=O) groups is 2. The van der Waals surface area contributed by atoms with Gasteiger partial charge in [0, 0.05) is 7.11 Å². The molecule has 0 bridgehead atoms. The molecule has 0 aromatic heterocycles. The largest absolute Gasteiger partial charge is 0.456 e. The standard InChI is InChI=1S/C10H18O4/c1-3-4-5-6-9(13-2)10(12)14-8-7-11/h7,9H,3-6,8H2,1-2H3. The zero-order chi connectivity index (χ0) is 10.8. The molecule has 0 aliphatic heterocycles. The van der Waals surface area contributed by atoms with Crippen LogP contribution in [0.25, 0.3) is 0 Å². The molecule has 0 spiro atoms. The lowest BCUT2D eigenvalue weighted by Gasteiger charge is -2.12. The van der Waals surface area contributed by atoms with Crippen LogP contribution in [0.15, 0.2) is 0 Å². The van der Waals surface area contributed by atoms with Crippen molar-refractivity contribution in [2.24, 2.45) is 0 Å². The third-order valence-corrected chi connectivity index (χ3v) is 1.91. The Morgan fingerprint density at radius 1 is 1.43 bits per heavy atom. The molecule has 14 heavy (non-hydrogen) atoms. The molecule has 82 valence electrons. The minimum atomic E-state index is -0.526. The second-order valence-corrected chi connectivity index (χ2v) is 3.02. The predicted octanol–water partition coefficient (Wildman–Crippen LogP) is 1.32. The highest BCUT2D eigenvalue weighted by Gasteiger charge is 2.18. The highest BCUT2D eigenvalue weighted by atomic mass is 16.6. The SMILES string of the molecule is CCCCCC(OC)C(=O)OCC=O. The molecule has 0 aliphatic carbocycles. The molecule has 0 fully saturated rings. The summed E-state index contributed by atoms with van der Waals surface area (Å²) in [6, 6.07) is 0. The van der Waals surface area contributed by atoms with Gasteiger partial charge in [-0.2, -0.15) is 0 Å². The van der Waals surface area contributed by atoms with Crippen molar-refractivity contribution >= 4 is 12.3 Å². The van der Waals surface area contributed by atoms with E-state index in [2.05, 4.69) is 11.7 Å². The summed E-state index contributed by atoms with van der Waals surface area (Å²) in [4.78, 5) is 21.2. The van der Waals surface area contributed by atoms with E-state index in [9.17, 15) is 9.59 Å². The summed E-state index contributed by atoms with van der Waals surface area (Å²) in [6.45, 7) is 1.90. The van der Waals surface area contributed by atoms with Crippen molar-refractivity contribution in [3.63, 3.8) is 0 Å². The zero-order valence-electron chi connectivity index (χ0n) is 8.82. The molecule has 0 saturated carbocycles. The third kappa shape index (κ3) is 5.70. The molecule has 0 rings (SSSR count). The van der Waals surface area contributed by atoms with E-state index in [1.165, 1.54) is 7.11 Å². The third-order valence-electron chi connectivity index (χ3n) is 1.91. The monoisotopic (exact) mass is 202 g/mol. The molecular formula is C10H18O4. The van der Waals surface area contributed by atoms with Gasteiger partial charge in [-0.15, -0.1) is 0 Å². The maximum absolute atomic E-state index is 11.2. The maximum Gasteiger partial charge on any atom is 0.335 e. The van der Waals surface area contributed by atoms with Crippen molar-refractivity contribution in [1.29, 1.82) is 0 Å². The Balaban J connectivity index is 3.74. The molecule has 0 saturated heterocycles. The van der Waals surface area contributed by atoms with Gasteiger partial charge in [-0.3, -0.25) is 4.79 Å². The molecular weight excluding hydrogens is 184 g/mol. The van der Waals surface area contributed by atoms with Gasteiger partial charge in [0.2, 0.25) is 0 Å². The summed E-state index contributed by atoms with van der Waals surface area (Å²) in [5.41, 5.74) is 0. The van der Waals surface area contributed by atoms with Crippen LogP contribution < -0.4 is 0 Å². The average Bonchev–Trinajstić information content (AvgIpc) is 2.21. The first-order chi connectivity index (χ1) is 6.76. The number of carbonyl (C=O) groups excluding carboxylic acids is 2. The van der Waals surface area contributed by atoms with E-state index in [1.54, 1.807) is 0 Å². The maximum atomic E-state index is 11.2. The number of unbranched alkanes of at least 4 members (excludes halogenated alkanes) is 2. The van der Waals surface area contributed by atoms with E-state index in [1.807, 2.05) is 0 Å². The number of rotatable bonds is 8. The molecule has 4 nitrogen and oxygen atoms in total. The molecule has 1 unspecified atom stereocenters. The summed E-state index contributed by atoms with van der Waals surface area (Å²) in [6.07, 6.45) is 3.78. The average molecular weight is 202 g/mol. The van der Waals surface area contributed by atoms with Crippen molar-refractivity contribution in [2.45, 2.75) is 38.7 Å². The van der Waals surface area contributed by atoms with Gasteiger partial charge < -0.3 is 9.47 Å². The van der Waals surface area contributed by atoms with Gasteiger partial charge in [0.15, 0.2) is 12.4 Å². The summed E-state index contributed by atoms with van der Waals surface area (Å²) < 4.78 is 9.61. The van der Waals surface area contributed by atoms with Crippen molar-refractivity contribution in [3.05, 3.63) is 0 Å². The molecule has 0 aromatic carbocycles.